The van der Waals surface area contributed by atoms with E-state index in [1.165, 1.54) is 6.42 Å². The molecular formula is C18H32BN5O2. The SMILES string of the molecule is CN(c1ncc(B2OC(C)(C)C(C)(C)O2)cn1)[C@@H]1CCCN(CCN)C1. The number of hydrogen-bond acceptors (Lipinski definition) is 7. The highest BCUT2D eigenvalue weighted by Crippen LogP contribution is 2.36. The van der Waals surface area contributed by atoms with Crippen LogP contribution in [-0.2, 0) is 9.31 Å². The van der Waals surface area contributed by atoms with Gasteiger partial charge in [-0.15, -0.1) is 0 Å². The van der Waals surface area contributed by atoms with Crippen molar-refractivity contribution in [2.75, 3.05) is 38.1 Å². The van der Waals surface area contributed by atoms with E-state index in [0.717, 1.165) is 37.5 Å². The average Bonchev–Trinajstić information content (AvgIpc) is 2.83. The molecule has 2 aliphatic heterocycles. The van der Waals surface area contributed by atoms with Crippen molar-refractivity contribution < 1.29 is 9.31 Å². The lowest BCUT2D eigenvalue weighted by Gasteiger charge is -2.37. The maximum Gasteiger partial charge on any atom is 0.498 e. The largest absolute Gasteiger partial charge is 0.498 e. The number of piperidine rings is 1. The molecule has 1 aromatic heterocycles. The minimum atomic E-state index is -0.422. The Morgan fingerprint density at radius 3 is 2.42 bits per heavy atom. The van der Waals surface area contributed by atoms with Gasteiger partial charge < -0.3 is 24.8 Å². The van der Waals surface area contributed by atoms with Crippen molar-refractivity contribution in [3.05, 3.63) is 12.4 Å². The molecule has 3 rings (SSSR count). The summed E-state index contributed by atoms with van der Waals surface area (Å²) >= 11 is 0. The highest BCUT2D eigenvalue weighted by atomic mass is 16.7. The van der Waals surface area contributed by atoms with Gasteiger partial charge in [0.2, 0.25) is 5.95 Å². The van der Waals surface area contributed by atoms with E-state index >= 15 is 0 Å². The molecule has 0 radical (unpaired) electrons. The molecule has 0 spiro atoms. The molecule has 7 nitrogen and oxygen atoms in total. The first-order valence-corrected chi connectivity index (χ1v) is 9.56. The van der Waals surface area contributed by atoms with Crippen molar-refractivity contribution in [2.45, 2.75) is 57.8 Å². The van der Waals surface area contributed by atoms with Crippen LogP contribution in [0.3, 0.4) is 0 Å². The summed E-state index contributed by atoms with van der Waals surface area (Å²) < 4.78 is 12.1. The van der Waals surface area contributed by atoms with Crippen molar-refractivity contribution in [3.8, 4) is 0 Å². The van der Waals surface area contributed by atoms with Gasteiger partial charge in [-0.25, -0.2) is 9.97 Å². The summed E-state index contributed by atoms with van der Waals surface area (Å²) in [4.78, 5) is 13.8. The molecule has 2 aliphatic rings. The Hall–Kier alpha value is -1.22. The first-order chi connectivity index (χ1) is 12.2. The van der Waals surface area contributed by atoms with Crippen LogP contribution in [0.4, 0.5) is 5.95 Å². The second kappa shape index (κ2) is 7.42. The van der Waals surface area contributed by atoms with E-state index in [0.29, 0.717) is 12.6 Å². The van der Waals surface area contributed by atoms with Gasteiger partial charge in [-0.3, -0.25) is 0 Å². The third-order valence-electron chi connectivity index (χ3n) is 5.97. The molecule has 1 atom stereocenters. The second-order valence-corrected chi connectivity index (χ2v) is 8.40. The van der Waals surface area contributed by atoms with Crippen molar-refractivity contribution in [3.63, 3.8) is 0 Å². The van der Waals surface area contributed by atoms with Crippen LogP contribution in [0, 0.1) is 0 Å². The molecule has 0 saturated carbocycles. The maximum atomic E-state index is 6.07. The number of nitrogens with zero attached hydrogens (tertiary/aromatic N) is 4. The van der Waals surface area contributed by atoms with Crippen molar-refractivity contribution in [2.24, 2.45) is 5.73 Å². The van der Waals surface area contributed by atoms with Gasteiger partial charge in [-0.05, 0) is 47.1 Å². The quantitative estimate of drug-likeness (QED) is 0.771. The normalized spacial score (nSPS) is 25.5. The predicted octanol–water partition coefficient (Wildman–Crippen LogP) is 0.635. The molecule has 0 aliphatic carbocycles. The average molecular weight is 361 g/mol. The number of rotatable bonds is 5. The molecule has 0 amide bonds. The van der Waals surface area contributed by atoms with Crippen LogP contribution in [0.25, 0.3) is 0 Å². The van der Waals surface area contributed by atoms with Crippen LogP contribution in [0.15, 0.2) is 12.4 Å². The number of hydrogen-bond donors (Lipinski definition) is 1. The number of anilines is 1. The summed E-state index contributed by atoms with van der Waals surface area (Å²) in [6, 6.07) is 0.415. The molecule has 2 N–H and O–H groups in total. The van der Waals surface area contributed by atoms with Crippen molar-refractivity contribution in [1.82, 2.24) is 14.9 Å². The Morgan fingerprint density at radius 1 is 1.23 bits per heavy atom. The van der Waals surface area contributed by atoms with E-state index in [1.54, 1.807) is 0 Å². The molecule has 0 bridgehead atoms. The zero-order valence-electron chi connectivity index (χ0n) is 16.7. The lowest BCUT2D eigenvalue weighted by atomic mass is 9.81. The fourth-order valence-electron chi connectivity index (χ4n) is 3.51. The second-order valence-electron chi connectivity index (χ2n) is 8.40. The summed E-state index contributed by atoms with van der Waals surface area (Å²) in [7, 11) is 1.65. The van der Waals surface area contributed by atoms with Crippen LogP contribution in [0.1, 0.15) is 40.5 Å². The summed E-state index contributed by atoms with van der Waals surface area (Å²) in [5.41, 5.74) is 5.84. The Bertz CT molecular complexity index is 592. The Morgan fingerprint density at radius 2 is 1.85 bits per heavy atom. The van der Waals surface area contributed by atoms with E-state index < -0.39 is 7.12 Å². The lowest BCUT2D eigenvalue weighted by Crippen LogP contribution is -2.48. The highest BCUT2D eigenvalue weighted by Gasteiger charge is 2.52. The van der Waals surface area contributed by atoms with Gasteiger partial charge >= 0.3 is 7.12 Å². The molecule has 1 aromatic rings. The first kappa shape index (κ1) is 19.5. The smallest absolute Gasteiger partial charge is 0.399 e. The third kappa shape index (κ3) is 3.88. The van der Waals surface area contributed by atoms with Gasteiger partial charge in [-0.1, -0.05) is 0 Å². The zero-order valence-corrected chi connectivity index (χ0v) is 16.7. The zero-order chi connectivity index (χ0) is 18.9. The van der Waals surface area contributed by atoms with E-state index in [2.05, 4.69) is 26.8 Å². The molecule has 0 aromatic carbocycles. The number of likely N-dealkylation sites (tertiary alicyclic amines) is 1. The van der Waals surface area contributed by atoms with E-state index in [-0.39, 0.29) is 11.2 Å². The number of nitrogens with two attached hydrogens (primary N) is 1. The van der Waals surface area contributed by atoms with Crippen LogP contribution < -0.4 is 16.1 Å². The van der Waals surface area contributed by atoms with Gasteiger partial charge in [0.1, 0.15) is 0 Å². The summed E-state index contributed by atoms with van der Waals surface area (Å²) in [6.45, 7) is 12.0. The van der Waals surface area contributed by atoms with Crippen LogP contribution in [0.2, 0.25) is 0 Å². The molecule has 144 valence electrons. The standard InChI is InChI=1S/C18H32BN5O2/c1-17(2)18(3,4)26-19(25-17)14-11-21-16(22-12-14)23(5)15-7-6-9-24(13-15)10-8-20/h11-12,15H,6-10,13,20H2,1-5H3/t15-/m1/s1. The van der Waals surface area contributed by atoms with Crippen LogP contribution in [-0.4, -0.2) is 72.5 Å². The van der Waals surface area contributed by atoms with Gasteiger partial charge in [0.15, 0.2) is 0 Å². The van der Waals surface area contributed by atoms with E-state index in [1.807, 2.05) is 40.1 Å². The van der Waals surface area contributed by atoms with Crippen LogP contribution >= 0.6 is 0 Å². The molecule has 8 heteroatoms. The van der Waals surface area contributed by atoms with Gasteiger partial charge in [0.25, 0.3) is 0 Å². The third-order valence-corrected chi connectivity index (χ3v) is 5.97. The Labute approximate surface area is 157 Å². The van der Waals surface area contributed by atoms with Crippen LogP contribution in [0.5, 0.6) is 0 Å². The number of aromatic nitrogens is 2. The first-order valence-electron chi connectivity index (χ1n) is 9.56. The van der Waals surface area contributed by atoms with Gasteiger partial charge in [0, 0.05) is 50.6 Å². The minimum absolute atomic E-state index is 0.359. The number of likely N-dealkylation sites (N-methyl/N-ethyl adjacent to an activating group) is 1. The topological polar surface area (TPSA) is 76.7 Å². The fraction of sp³-hybridized carbons (Fsp3) is 0.778. The maximum absolute atomic E-state index is 6.07. The van der Waals surface area contributed by atoms with Crippen molar-refractivity contribution >= 4 is 18.5 Å². The van der Waals surface area contributed by atoms with E-state index in [4.69, 9.17) is 15.0 Å². The molecule has 0 unspecified atom stereocenters. The summed E-state index contributed by atoms with van der Waals surface area (Å²) in [5.74, 6) is 0.741. The Kier molecular flexibility index (Phi) is 5.58. The fourth-order valence-corrected chi connectivity index (χ4v) is 3.51. The molecular weight excluding hydrogens is 329 g/mol. The summed E-state index contributed by atoms with van der Waals surface area (Å²) in [6.07, 6.45) is 5.98. The molecule has 3 heterocycles. The highest BCUT2D eigenvalue weighted by molar-refractivity contribution is 6.61. The van der Waals surface area contributed by atoms with E-state index in [9.17, 15) is 0 Å². The molecule has 26 heavy (non-hydrogen) atoms. The predicted molar refractivity (Wildman–Crippen MR) is 105 cm³/mol. The Balaban J connectivity index is 1.66. The monoisotopic (exact) mass is 361 g/mol. The minimum Gasteiger partial charge on any atom is -0.399 e. The molecule has 2 fully saturated rings. The van der Waals surface area contributed by atoms with Gasteiger partial charge in [0.05, 0.1) is 11.2 Å². The summed E-state index contributed by atoms with van der Waals surface area (Å²) in [5, 5.41) is 0. The lowest BCUT2D eigenvalue weighted by molar-refractivity contribution is 0.00578. The van der Waals surface area contributed by atoms with Crippen molar-refractivity contribution in [1.29, 1.82) is 0 Å². The molecule has 2 saturated heterocycles. The van der Waals surface area contributed by atoms with Gasteiger partial charge in [-0.2, -0.15) is 0 Å².